The third-order valence-electron chi connectivity index (χ3n) is 10.1. The lowest BCUT2D eigenvalue weighted by atomic mass is 10.1. The number of hydrogen-bond acceptors (Lipinski definition) is 6. The van der Waals surface area contributed by atoms with E-state index in [1.54, 1.807) is 0 Å². The van der Waals surface area contributed by atoms with Gasteiger partial charge in [0, 0.05) is 19.3 Å². The van der Waals surface area contributed by atoms with Gasteiger partial charge in [0.2, 0.25) is 0 Å². The maximum atomic E-state index is 12.8. The molecule has 6 nitrogen and oxygen atoms in total. The summed E-state index contributed by atoms with van der Waals surface area (Å²) in [6.45, 7) is 6.25. The Bertz CT molecular complexity index is 1430. The van der Waals surface area contributed by atoms with Crippen LogP contribution >= 0.6 is 0 Å². The van der Waals surface area contributed by atoms with Gasteiger partial charge in [-0.2, -0.15) is 0 Å². The zero-order valence-electron chi connectivity index (χ0n) is 40.7. The van der Waals surface area contributed by atoms with Crippen molar-refractivity contribution >= 4 is 17.9 Å². The molecule has 0 saturated heterocycles. The Morgan fingerprint density at radius 2 is 0.625 bits per heavy atom. The monoisotopic (exact) mass is 883 g/mol. The zero-order valence-corrected chi connectivity index (χ0v) is 40.7. The third kappa shape index (κ3) is 48.6. The normalized spacial score (nSPS) is 13.2. The Morgan fingerprint density at radius 1 is 0.328 bits per heavy atom. The summed E-state index contributed by atoms with van der Waals surface area (Å²) in [5, 5.41) is 0. The molecular weight excluding hydrogens is 793 g/mol. The van der Waals surface area contributed by atoms with Crippen LogP contribution in [0.25, 0.3) is 0 Å². The number of esters is 3. The molecule has 0 saturated carbocycles. The smallest absolute Gasteiger partial charge is 0.306 e. The summed E-state index contributed by atoms with van der Waals surface area (Å²) in [5.74, 6) is -1.01. The van der Waals surface area contributed by atoms with E-state index < -0.39 is 6.10 Å². The van der Waals surface area contributed by atoms with Crippen molar-refractivity contribution in [3.8, 4) is 0 Å². The van der Waals surface area contributed by atoms with E-state index in [9.17, 15) is 14.4 Å². The van der Waals surface area contributed by atoms with Gasteiger partial charge in [-0.25, -0.2) is 0 Å². The minimum atomic E-state index is -0.820. The van der Waals surface area contributed by atoms with Gasteiger partial charge in [0.1, 0.15) is 13.2 Å². The Morgan fingerprint density at radius 3 is 1.02 bits per heavy atom. The van der Waals surface area contributed by atoms with Crippen LogP contribution in [0.1, 0.15) is 194 Å². The van der Waals surface area contributed by atoms with Gasteiger partial charge in [0.05, 0.1) is 0 Å². The number of hydrogen-bond donors (Lipinski definition) is 0. The standard InChI is InChI=1S/C58H90O6/c1-4-7-10-13-16-19-22-25-28-29-31-33-36-39-42-45-48-51-57(60)63-54-55(53-62-56(59)50-47-44-41-38-35-32-27-24-21-18-15-12-9-6-3)64-58(61)52-49-46-43-40-37-34-30-26-23-20-17-14-11-8-5-2/h7-8,10-11,13-14,16-17,19-20,22-23,25-26,28-33,35-36,55H,4-6,9,12,15,18,21,24,27,34,37-54H2,1-3H3/b10-7-,11-8-,16-13-,17-14-,22-19-,23-20-,28-25-,30-26-,31-29+,35-32-,36-33-. The van der Waals surface area contributed by atoms with Crippen molar-refractivity contribution in [3.05, 3.63) is 134 Å². The van der Waals surface area contributed by atoms with E-state index in [1.807, 2.05) is 85.1 Å². The predicted molar refractivity (Wildman–Crippen MR) is 274 cm³/mol. The summed E-state index contributed by atoms with van der Waals surface area (Å²) < 4.78 is 16.7. The molecule has 1 atom stereocenters. The molecular formula is C58H90O6. The summed E-state index contributed by atoms with van der Waals surface area (Å²) >= 11 is 0. The molecule has 0 aromatic heterocycles. The topological polar surface area (TPSA) is 78.9 Å². The van der Waals surface area contributed by atoms with Crippen LogP contribution in [0, 0.1) is 0 Å². The SMILES string of the molecule is CC\C=C/C=C\C=C/C=C\C=C\C=C/CCCCCC(=O)OCC(COC(=O)CCCCC/C=C\CCCCCCCCC)OC(=O)CCCCCCC\C=C/C=C\C=C/C=C\CC. The van der Waals surface area contributed by atoms with Crippen LogP contribution in [0.2, 0.25) is 0 Å². The largest absolute Gasteiger partial charge is 0.462 e. The quantitative estimate of drug-likeness (QED) is 0.0200. The van der Waals surface area contributed by atoms with Gasteiger partial charge in [-0.15, -0.1) is 0 Å². The van der Waals surface area contributed by atoms with Crippen LogP contribution < -0.4 is 0 Å². The van der Waals surface area contributed by atoms with Crippen LogP contribution in [0.3, 0.4) is 0 Å². The molecule has 358 valence electrons. The molecule has 0 heterocycles. The molecule has 0 rings (SSSR count). The fourth-order valence-electron chi connectivity index (χ4n) is 6.36. The van der Waals surface area contributed by atoms with Crippen LogP contribution in [0.15, 0.2) is 134 Å². The molecule has 0 amide bonds. The van der Waals surface area contributed by atoms with E-state index in [0.29, 0.717) is 12.8 Å². The van der Waals surface area contributed by atoms with E-state index in [4.69, 9.17) is 14.2 Å². The Kier molecular flexibility index (Phi) is 47.6. The fraction of sp³-hybridized carbons (Fsp3) is 0.569. The highest BCUT2D eigenvalue weighted by Gasteiger charge is 2.19. The van der Waals surface area contributed by atoms with Crippen LogP contribution in [-0.2, 0) is 28.6 Å². The number of ether oxygens (including phenoxy) is 3. The average molecular weight is 883 g/mol. The summed E-state index contributed by atoms with van der Waals surface area (Å²) in [6, 6.07) is 0. The van der Waals surface area contributed by atoms with Crippen molar-refractivity contribution < 1.29 is 28.6 Å². The van der Waals surface area contributed by atoms with E-state index in [0.717, 1.165) is 109 Å². The van der Waals surface area contributed by atoms with E-state index in [-0.39, 0.29) is 37.5 Å². The van der Waals surface area contributed by atoms with Crippen molar-refractivity contribution in [3.63, 3.8) is 0 Å². The Balaban J connectivity index is 4.58. The van der Waals surface area contributed by atoms with E-state index >= 15 is 0 Å². The highest BCUT2D eigenvalue weighted by molar-refractivity contribution is 5.71. The lowest BCUT2D eigenvalue weighted by Gasteiger charge is -2.18. The van der Waals surface area contributed by atoms with Crippen molar-refractivity contribution in [1.29, 1.82) is 0 Å². The first-order chi connectivity index (χ1) is 31.5. The molecule has 0 aromatic rings. The van der Waals surface area contributed by atoms with Gasteiger partial charge in [-0.05, 0) is 83.5 Å². The van der Waals surface area contributed by atoms with Crippen molar-refractivity contribution in [2.24, 2.45) is 0 Å². The first-order valence-corrected chi connectivity index (χ1v) is 25.3. The first-order valence-electron chi connectivity index (χ1n) is 25.3. The first kappa shape index (κ1) is 59.5. The molecule has 6 heteroatoms. The van der Waals surface area contributed by atoms with E-state index in [2.05, 4.69) is 69.4 Å². The summed E-state index contributed by atoms with van der Waals surface area (Å²) in [7, 11) is 0. The number of carbonyl (C=O) groups excluding carboxylic acids is 3. The van der Waals surface area contributed by atoms with Gasteiger partial charge in [-0.3, -0.25) is 14.4 Å². The summed E-state index contributed by atoms with van der Waals surface area (Å²) in [6.07, 6.45) is 71.4. The van der Waals surface area contributed by atoms with Crippen molar-refractivity contribution in [2.75, 3.05) is 13.2 Å². The Labute approximate surface area is 392 Å². The second-order valence-electron chi connectivity index (χ2n) is 16.2. The van der Waals surface area contributed by atoms with Crippen molar-refractivity contribution in [1.82, 2.24) is 0 Å². The van der Waals surface area contributed by atoms with Crippen molar-refractivity contribution in [2.45, 2.75) is 200 Å². The summed E-state index contributed by atoms with van der Waals surface area (Å²) in [5.41, 5.74) is 0. The van der Waals surface area contributed by atoms with Gasteiger partial charge in [0.25, 0.3) is 0 Å². The van der Waals surface area contributed by atoms with Crippen LogP contribution in [-0.4, -0.2) is 37.2 Å². The molecule has 0 aliphatic carbocycles. The zero-order chi connectivity index (χ0) is 46.5. The molecule has 0 bridgehead atoms. The predicted octanol–water partition coefficient (Wildman–Crippen LogP) is 16.7. The number of rotatable bonds is 43. The number of carbonyl (C=O) groups is 3. The minimum Gasteiger partial charge on any atom is -0.462 e. The fourth-order valence-corrected chi connectivity index (χ4v) is 6.36. The number of unbranched alkanes of at least 4 members (excludes halogenated alkanes) is 18. The molecule has 1 unspecified atom stereocenters. The van der Waals surface area contributed by atoms with Gasteiger partial charge in [-0.1, -0.05) is 225 Å². The molecule has 0 aromatic carbocycles. The third-order valence-corrected chi connectivity index (χ3v) is 10.1. The molecule has 0 fully saturated rings. The maximum Gasteiger partial charge on any atom is 0.306 e. The van der Waals surface area contributed by atoms with Crippen LogP contribution in [0.4, 0.5) is 0 Å². The average Bonchev–Trinajstić information content (AvgIpc) is 3.29. The Hall–Kier alpha value is -4.45. The van der Waals surface area contributed by atoms with Gasteiger partial charge in [0.15, 0.2) is 6.10 Å². The van der Waals surface area contributed by atoms with E-state index in [1.165, 1.54) is 44.9 Å². The highest BCUT2D eigenvalue weighted by atomic mass is 16.6. The molecule has 0 aliphatic rings. The maximum absolute atomic E-state index is 12.8. The van der Waals surface area contributed by atoms with Gasteiger partial charge >= 0.3 is 17.9 Å². The highest BCUT2D eigenvalue weighted by Crippen LogP contribution is 2.13. The summed E-state index contributed by atoms with van der Waals surface area (Å²) in [4.78, 5) is 38.0. The second-order valence-corrected chi connectivity index (χ2v) is 16.2. The molecule has 0 aliphatic heterocycles. The number of allylic oxidation sites excluding steroid dienone is 22. The van der Waals surface area contributed by atoms with Crippen LogP contribution in [0.5, 0.6) is 0 Å². The second kappa shape index (κ2) is 51.2. The molecule has 0 spiro atoms. The molecule has 0 N–H and O–H groups in total. The minimum absolute atomic E-state index is 0.115. The van der Waals surface area contributed by atoms with Gasteiger partial charge < -0.3 is 14.2 Å². The lowest BCUT2D eigenvalue weighted by Crippen LogP contribution is -2.30. The molecule has 64 heavy (non-hydrogen) atoms. The molecule has 0 radical (unpaired) electrons. The lowest BCUT2D eigenvalue weighted by molar-refractivity contribution is -0.167.